The fourth-order valence-corrected chi connectivity index (χ4v) is 3.75. The average Bonchev–Trinajstić information content (AvgIpc) is 2.90. The van der Waals surface area contributed by atoms with Crippen LogP contribution in [0.5, 0.6) is 0 Å². The first-order valence-electron chi connectivity index (χ1n) is 5.77. The molecule has 2 unspecified atom stereocenters. The van der Waals surface area contributed by atoms with Crippen molar-refractivity contribution >= 4 is 15.2 Å². The molecule has 13 heteroatoms. The first-order valence-corrected chi connectivity index (χ1v) is 8.96. The number of alkyl halides is 1. The molecule has 23 heavy (non-hydrogen) atoms. The van der Waals surface area contributed by atoms with Crippen molar-refractivity contribution < 1.29 is 62.7 Å². The number of aromatic amines is 1. The van der Waals surface area contributed by atoms with E-state index in [9.17, 15) is 18.4 Å². The monoisotopic (exact) mass is 373 g/mol. The number of aromatic nitrogens is 3. The molecule has 2 rings (SSSR count). The molecule has 0 radical (unpaired) electrons. The van der Waals surface area contributed by atoms with Gasteiger partial charge in [-0.15, -0.1) is 0 Å². The van der Waals surface area contributed by atoms with Gasteiger partial charge in [0.25, 0.3) is 5.15 Å². The second-order valence-corrected chi connectivity index (χ2v) is 8.38. The van der Waals surface area contributed by atoms with Crippen LogP contribution in [0.25, 0.3) is 11.1 Å². The molecule has 0 aliphatic heterocycles. The summed E-state index contributed by atoms with van der Waals surface area (Å²) in [5.74, 6) is 0. The Balaban J connectivity index is 0.00000264. The summed E-state index contributed by atoms with van der Waals surface area (Å²) < 4.78 is 36.4. The normalized spacial score (nSPS) is 16.9. The van der Waals surface area contributed by atoms with Crippen LogP contribution in [-0.4, -0.2) is 35.0 Å². The zero-order chi connectivity index (χ0) is 16.6. The van der Waals surface area contributed by atoms with Crippen molar-refractivity contribution in [2.75, 3.05) is 0 Å². The third-order valence-electron chi connectivity index (χ3n) is 2.94. The molecule has 0 bridgehead atoms. The fraction of sp³-hybridized carbons (Fsp3) is 0.200. The molecule has 0 aromatic carbocycles. The number of rotatable bonds is 5. The Kier molecular flexibility index (Phi) is 6.48. The van der Waals surface area contributed by atoms with Gasteiger partial charge in [0, 0.05) is 35.6 Å². The number of halogens is 1. The van der Waals surface area contributed by atoms with Gasteiger partial charge in [0.2, 0.25) is 0 Å². The van der Waals surface area contributed by atoms with E-state index in [-0.39, 0.29) is 35.3 Å². The minimum absolute atomic E-state index is 0. The van der Waals surface area contributed by atoms with Crippen LogP contribution in [0.1, 0.15) is 5.69 Å². The Morgan fingerprint density at radius 3 is 2.26 bits per heavy atom. The second kappa shape index (κ2) is 7.23. The van der Waals surface area contributed by atoms with Crippen molar-refractivity contribution in [3.8, 4) is 11.1 Å². The van der Waals surface area contributed by atoms with Crippen LogP contribution >= 0.6 is 15.2 Å². The summed E-state index contributed by atoms with van der Waals surface area (Å²) in [7, 11) is -11.8. The molecule has 0 aliphatic rings. The van der Waals surface area contributed by atoms with Crippen molar-refractivity contribution in [1.82, 2.24) is 15.2 Å². The molecule has 2 aromatic heterocycles. The van der Waals surface area contributed by atoms with E-state index in [1.807, 2.05) is 0 Å². The van der Waals surface area contributed by atoms with Crippen LogP contribution in [0.2, 0.25) is 0 Å². The number of hydrogen-bond acceptors (Lipinski definition) is 5. The van der Waals surface area contributed by atoms with E-state index in [0.717, 1.165) is 0 Å². The van der Waals surface area contributed by atoms with E-state index in [0.29, 0.717) is 11.1 Å². The third-order valence-corrected chi connectivity index (χ3v) is 6.56. The van der Waals surface area contributed by atoms with E-state index < -0.39 is 26.8 Å². The van der Waals surface area contributed by atoms with E-state index >= 15 is 0 Å². The Labute approximate surface area is 152 Å². The summed E-state index contributed by atoms with van der Waals surface area (Å²) in [5.41, 5.74) is 0.993. The van der Waals surface area contributed by atoms with E-state index in [1.54, 1.807) is 6.20 Å². The van der Waals surface area contributed by atoms with Crippen molar-refractivity contribution in [3.05, 3.63) is 36.4 Å². The molecule has 2 heterocycles. The van der Waals surface area contributed by atoms with Gasteiger partial charge in [-0.25, -0.2) is 4.39 Å². The Bertz CT molecular complexity index is 722. The van der Waals surface area contributed by atoms with E-state index in [1.165, 1.54) is 24.5 Å². The van der Waals surface area contributed by atoms with Gasteiger partial charge in [0.15, 0.2) is 7.60 Å². The number of pyridine rings is 1. The average molecular weight is 373 g/mol. The Morgan fingerprint density at radius 1 is 1.22 bits per heavy atom. The molecule has 2 aromatic rings. The topological polar surface area (TPSA) is 159 Å². The molecule has 0 saturated heterocycles. The maximum atomic E-state index is 14.2. The predicted molar refractivity (Wildman–Crippen MR) is 71.2 cm³/mol. The Morgan fingerprint density at radius 2 is 1.87 bits per heavy atom. The van der Waals surface area contributed by atoms with Crippen LogP contribution in [0.3, 0.4) is 0 Å². The smallest absolute Gasteiger partial charge is 0.776 e. The summed E-state index contributed by atoms with van der Waals surface area (Å²) in [6.07, 6.45) is 3.03. The van der Waals surface area contributed by atoms with Crippen LogP contribution in [0.15, 0.2) is 30.7 Å². The Hall–Kier alpha value is -0.410. The summed E-state index contributed by atoms with van der Waals surface area (Å²) >= 11 is 0. The zero-order valence-corrected chi connectivity index (χ0v) is 15.6. The van der Waals surface area contributed by atoms with Crippen molar-refractivity contribution in [2.45, 2.75) is 11.6 Å². The minimum Gasteiger partial charge on any atom is -0.776 e. The number of nitrogens with one attached hydrogen (secondary N) is 1. The van der Waals surface area contributed by atoms with E-state index in [4.69, 9.17) is 14.7 Å². The first kappa shape index (κ1) is 20.6. The van der Waals surface area contributed by atoms with Gasteiger partial charge in [-0.05, 0) is 6.07 Å². The summed E-state index contributed by atoms with van der Waals surface area (Å²) in [5, 5.41) is 2.17. The predicted octanol–water partition coefficient (Wildman–Crippen LogP) is -2.64. The molecule has 9 nitrogen and oxygen atoms in total. The molecular formula is C10H11FN3NaO6P2. The van der Waals surface area contributed by atoms with Gasteiger partial charge in [0.05, 0.1) is 6.20 Å². The first-order chi connectivity index (χ1) is 10.0. The van der Waals surface area contributed by atoms with Gasteiger partial charge in [-0.3, -0.25) is 14.6 Å². The summed E-state index contributed by atoms with van der Waals surface area (Å²) in [4.78, 5) is 41.4. The van der Waals surface area contributed by atoms with Crippen molar-refractivity contribution in [2.24, 2.45) is 0 Å². The standard InChI is InChI=1S/C10H12FN3O6P2.Na/c11-10(21(15,16)17,22(18,19)20)3-9-2-1-7(4-12-9)8-5-13-14-6-8;/h1-2,4-6H,3H2,(H,13,14)(H2,15,16,17)(H2,18,19,20);/q;+1/p-1. The summed E-state index contributed by atoms with van der Waals surface area (Å²) in [6.45, 7) is 0. The molecular weight excluding hydrogens is 362 g/mol. The molecule has 0 fully saturated rings. The SMILES string of the molecule is O=P([O-])(O)C(F)(Cc1ccc(-c2cn[nH]c2)cn1)P(=O)(O)O.[Na+]. The number of hydrogen-bond donors (Lipinski definition) is 4. The molecule has 2 atom stereocenters. The van der Waals surface area contributed by atoms with Crippen LogP contribution in [0.4, 0.5) is 4.39 Å². The maximum absolute atomic E-state index is 14.2. The molecule has 0 amide bonds. The van der Waals surface area contributed by atoms with Gasteiger partial charge in [-0.2, -0.15) is 5.10 Å². The van der Waals surface area contributed by atoms with Gasteiger partial charge >= 0.3 is 37.2 Å². The van der Waals surface area contributed by atoms with Gasteiger partial charge in [0.1, 0.15) is 0 Å². The second-order valence-electron chi connectivity index (χ2n) is 4.49. The van der Waals surface area contributed by atoms with Gasteiger partial charge < -0.3 is 24.1 Å². The van der Waals surface area contributed by atoms with Crippen molar-refractivity contribution in [1.29, 1.82) is 0 Å². The van der Waals surface area contributed by atoms with Crippen LogP contribution < -0.4 is 34.5 Å². The minimum atomic E-state index is -5.97. The maximum Gasteiger partial charge on any atom is 1.00 e. The van der Waals surface area contributed by atoms with Gasteiger partial charge in [-0.1, -0.05) is 6.07 Å². The molecule has 0 spiro atoms. The van der Waals surface area contributed by atoms with Crippen LogP contribution in [0, 0.1) is 0 Å². The fourth-order valence-electron chi connectivity index (χ4n) is 1.71. The molecule has 4 N–H and O–H groups in total. The van der Waals surface area contributed by atoms with E-state index in [2.05, 4.69) is 15.2 Å². The summed E-state index contributed by atoms with van der Waals surface area (Å²) in [6, 6.07) is 2.64. The number of H-pyrrole nitrogens is 1. The third kappa shape index (κ3) is 4.36. The molecule has 0 aliphatic carbocycles. The van der Waals surface area contributed by atoms with Crippen molar-refractivity contribution in [3.63, 3.8) is 0 Å². The van der Waals surface area contributed by atoms with Crippen LogP contribution in [-0.2, 0) is 15.6 Å². The zero-order valence-electron chi connectivity index (χ0n) is 11.8. The largest absolute Gasteiger partial charge is 1.00 e. The number of nitrogens with zero attached hydrogens (tertiary/aromatic N) is 2. The molecule has 0 saturated carbocycles. The molecule has 120 valence electrons. The quantitative estimate of drug-likeness (QED) is 0.327.